The Morgan fingerprint density at radius 3 is 2.45 bits per heavy atom. The maximum Gasteiger partial charge on any atom is 0.271 e. The first-order chi connectivity index (χ1) is 10.5. The fourth-order valence-electron chi connectivity index (χ4n) is 1.87. The van der Waals surface area contributed by atoms with Crippen molar-refractivity contribution >= 4 is 23.1 Å². The van der Waals surface area contributed by atoms with Crippen LogP contribution >= 0.6 is 11.6 Å². The van der Waals surface area contributed by atoms with Crippen molar-refractivity contribution in [2.75, 3.05) is 6.61 Å². The van der Waals surface area contributed by atoms with Gasteiger partial charge in [-0.2, -0.15) is 0 Å². The van der Waals surface area contributed by atoms with Crippen molar-refractivity contribution in [3.05, 3.63) is 68.7 Å². The number of benzene rings is 2. The summed E-state index contributed by atoms with van der Waals surface area (Å²) >= 11 is 5.90. The SMILES string of the molecule is CCc1ccc(C(=O)COc2ccc([N+](=O)[O-])cc2Cl)cc1. The molecule has 114 valence electrons. The molecule has 0 fully saturated rings. The summed E-state index contributed by atoms with van der Waals surface area (Å²) in [5.41, 5.74) is 1.57. The van der Waals surface area contributed by atoms with Gasteiger partial charge in [-0.3, -0.25) is 14.9 Å². The normalized spacial score (nSPS) is 10.3. The number of Topliss-reactive ketones (excluding diaryl/α,β-unsaturated/α-hetero) is 1. The molecule has 0 spiro atoms. The van der Waals surface area contributed by atoms with E-state index < -0.39 is 4.92 Å². The molecule has 0 radical (unpaired) electrons. The van der Waals surface area contributed by atoms with Crippen LogP contribution in [-0.2, 0) is 6.42 Å². The van der Waals surface area contributed by atoms with Gasteiger partial charge in [0.1, 0.15) is 5.75 Å². The highest BCUT2D eigenvalue weighted by Gasteiger charge is 2.12. The largest absolute Gasteiger partial charge is 0.484 e. The zero-order valence-electron chi connectivity index (χ0n) is 11.9. The molecule has 0 aliphatic carbocycles. The third-order valence-electron chi connectivity index (χ3n) is 3.17. The number of nitrogens with zero attached hydrogens (tertiary/aromatic N) is 1. The van der Waals surface area contributed by atoms with Crippen molar-refractivity contribution in [3.63, 3.8) is 0 Å². The van der Waals surface area contributed by atoms with Gasteiger partial charge in [-0.15, -0.1) is 0 Å². The first-order valence-corrected chi connectivity index (χ1v) is 7.08. The average molecular weight is 320 g/mol. The van der Waals surface area contributed by atoms with E-state index in [0.29, 0.717) is 5.56 Å². The van der Waals surface area contributed by atoms with E-state index in [1.54, 1.807) is 12.1 Å². The number of aryl methyl sites for hydroxylation is 1. The van der Waals surface area contributed by atoms with Gasteiger partial charge < -0.3 is 4.74 Å². The third-order valence-corrected chi connectivity index (χ3v) is 3.46. The first-order valence-electron chi connectivity index (χ1n) is 6.70. The molecule has 0 aliphatic heterocycles. The van der Waals surface area contributed by atoms with Crippen molar-refractivity contribution in [1.29, 1.82) is 0 Å². The molecule has 0 aliphatic rings. The predicted molar refractivity (Wildman–Crippen MR) is 83.8 cm³/mol. The molecule has 0 saturated carbocycles. The van der Waals surface area contributed by atoms with E-state index >= 15 is 0 Å². The van der Waals surface area contributed by atoms with E-state index in [1.807, 2.05) is 19.1 Å². The number of carbonyl (C=O) groups is 1. The van der Waals surface area contributed by atoms with Gasteiger partial charge in [0.15, 0.2) is 12.4 Å². The Morgan fingerprint density at radius 1 is 1.23 bits per heavy atom. The van der Waals surface area contributed by atoms with Gasteiger partial charge >= 0.3 is 0 Å². The van der Waals surface area contributed by atoms with Crippen LogP contribution in [0.25, 0.3) is 0 Å². The van der Waals surface area contributed by atoms with Gasteiger partial charge in [0.05, 0.1) is 9.95 Å². The summed E-state index contributed by atoms with van der Waals surface area (Å²) in [5, 5.41) is 10.7. The van der Waals surface area contributed by atoms with Gasteiger partial charge in [0.2, 0.25) is 0 Å². The highest BCUT2D eigenvalue weighted by Crippen LogP contribution is 2.28. The molecule has 0 atom stereocenters. The second-order valence-corrected chi connectivity index (χ2v) is 5.04. The summed E-state index contributed by atoms with van der Waals surface area (Å²) in [7, 11) is 0. The number of carbonyl (C=O) groups excluding carboxylic acids is 1. The van der Waals surface area contributed by atoms with Crippen LogP contribution in [0.2, 0.25) is 5.02 Å². The molecule has 0 unspecified atom stereocenters. The van der Waals surface area contributed by atoms with Crippen molar-refractivity contribution < 1.29 is 14.5 Å². The van der Waals surface area contributed by atoms with Crippen molar-refractivity contribution in [1.82, 2.24) is 0 Å². The summed E-state index contributed by atoms with van der Waals surface area (Å²) in [4.78, 5) is 22.1. The van der Waals surface area contributed by atoms with Crippen LogP contribution in [0.15, 0.2) is 42.5 Å². The molecule has 5 nitrogen and oxygen atoms in total. The minimum Gasteiger partial charge on any atom is -0.484 e. The smallest absolute Gasteiger partial charge is 0.271 e. The van der Waals surface area contributed by atoms with Crippen LogP contribution in [0.1, 0.15) is 22.8 Å². The Hall–Kier alpha value is -2.40. The van der Waals surface area contributed by atoms with Gasteiger partial charge in [-0.1, -0.05) is 42.8 Å². The summed E-state index contributed by atoms with van der Waals surface area (Å²) in [6.07, 6.45) is 0.906. The molecule has 22 heavy (non-hydrogen) atoms. The van der Waals surface area contributed by atoms with E-state index in [2.05, 4.69) is 0 Å². The number of hydrogen-bond acceptors (Lipinski definition) is 4. The number of ether oxygens (including phenoxy) is 1. The zero-order chi connectivity index (χ0) is 16.1. The minimum atomic E-state index is -0.546. The number of non-ortho nitro benzene ring substituents is 1. The molecular weight excluding hydrogens is 306 g/mol. The third kappa shape index (κ3) is 3.83. The first kappa shape index (κ1) is 16.0. The van der Waals surface area contributed by atoms with Crippen LogP contribution in [0.5, 0.6) is 5.75 Å². The van der Waals surface area contributed by atoms with Crippen LogP contribution in [-0.4, -0.2) is 17.3 Å². The lowest BCUT2D eigenvalue weighted by Crippen LogP contribution is -2.11. The lowest BCUT2D eigenvalue weighted by atomic mass is 10.1. The number of halogens is 1. The average Bonchev–Trinajstić information content (AvgIpc) is 2.53. The van der Waals surface area contributed by atoms with Crippen LogP contribution in [0.3, 0.4) is 0 Å². The van der Waals surface area contributed by atoms with E-state index in [9.17, 15) is 14.9 Å². The Kier molecular flexibility index (Phi) is 5.12. The van der Waals surface area contributed by atoms with Crippen LogP contribution in [0.4, 0.5) is 5.69 Å². The maximum absolute atomic E-state index is 12.0. The molecule has 0 bridgehead atoms. The van der Waals surface area contributed by atoms with E-state index in [4.69, 9.17) is 16.3 Å². The Morgan fingerprint density at radius 2 is 1.91 bits per heavy atom. The number of ketones is 1. The van der Waals surface area contributed by atoms with Crippen molar-refractivity contribution in [2.45, 2.75) is 13.3 Å². The standard InChI is InChI=1S/C16H14ClNO4/c1-2-11-3-5-12(6-4-11)15(19)10-22-16-8-7-13(18(20)21)9-14(16)17/h3-9H,2,10H2,1H3. The summed E-state index contributed by atoms with van der Waals surface area (Å²) in [6.45, 7) is 1.86. The molecule has 2 rings (SSSR count). The van der Waals surface area contributed by atoms with E-state index in [0.717, 1.165) is 12.0 Å². The fourth-order valence-corrected chi connectivity index (χ4v) is 2.10. The molecular formula is C16H14ClNO4. The second-order valence-electron chi connectivity index (χ2n) is 4.63. The Balaban J connectivity index is 2.02. The molecule has 2 aromatic carbocycles. The highest BCUT2D eigenvalue weighted by atomic mass is 35.5. The lowest BCUT2D eigenvalue weighted by Gasteiger charge is -2.07. The number of rotatable bonds is 6. The van der Waals surface area contributed by atoms with Gasteiger partial charge in [-0.05, 0) is 18.1 Å². The Labute approximate surface area is 132 Å². The van der Waals surface area contributed by atoms with Gasteiger partial charge in [0.25, 0.3) is 5.69 Å². The van der Waals surface area contributed by atoms with Crippen molar-refractivity contribution in [3.8, 4) is 5.75 Å². The number of nitro benzene ring substituents is 1. The molecule has 2 aromatic rings. The fraction of sp³-hybridized carbons (Fsp3) is 0.188. The number of hydrogen-bond donors (Lipinski definition) is 0. The molecule has 0 N–H and O–H groups in total. The highest BCUT2D eigenvalue weighted by molar-refractivity contribution is 6.32. The summed E-state index contributed by atoms with van der Waals surface area (Å²) in [5.74, 6) is 0.0582. The maximum atomic E-state index is 12.0. The molecule has 0 amide bonds. The van der Waals surface area contributed by atoms with Crippen LogP contribution in [0, 0.1) is 10.1 Å². The van der Waals surface area contributed by atoms with Gasteiger partial charge in [0, 0.05) is 17.7 Å². The van der Waals surface area contributed by atoms with E-state index in [-0.39, 0.29) is 28.8 Å². The second kappa shape index (κ2) is 7.04. The molecule has 6 heteroatoms. The zero-order valence-corrected chi connectivity index (χ0v) is 12.7. The topological polar surface area (TPSA) is 69.4 Å². The predicted octanol–water partition coefficient (Wildman–Crippen LogP) is 4.07. The lowest BCUT2D eigenvalue weighted by molar-refractivity contribution is -0.384. The van der Waals surface area contributed by atoms with Crippen LogP contribution < -0.4 is 4.74 Å². The quantitative estimate of drug-likeness (QED) is 0.457. The summed E-state index contributed by atoms with van der Waals surface area (Å²) in [6, 6.07) is 11.1. The molecule has 0 saturated heterocycles. The van der Waals surface area contributed by atoms with Crippen molar-refractivity contribution in [2.24, 2.45) is 0 Å². The monoisotopic (exact) mass is 319 g/mol. The molecule has 0 heterocycles. The van der Waals surface area contributed by atoms with Gasteiger partial charge in [-0.25, -0.2) is 0 Å². The minimum absolute atomic E-state index is 0.100. The summed E-state index contributed by atoms with van der Waals surface area (Å²) < 4.78 is 5.34. The molecule has 0 aromatic heterocycles. The number of nitro groups is 1. The van der Waals surface area contributed by atoms with E-state index in [1.165, 1.54) is 18.2 Å². The Bertz CT molecular complexity index is 698.